The fourth-order valence-electron chi connectivity index (χ4n) is 4.25. The number of methoxy groups -OCH3 is 2. The molecular formula is C30H35N7O6S. The van der Waals surface area contributed by atoms with Crippen LogP contribution < -0.4 is 19.1 Å². The number of amides is 1. The maximum Gasteiger partial charge on any atom is 0.239 e. The van der Waals surface area contributed by atoms with Gasteiger partial charge in [-0.05, 0) is 56.2 Å². The van der Waals surface area contributed by atoms with Crippen LogP contribution in [0.2, 0.25) is 0 Å². The van der Waals surface area contributed by atoms with Gasteiger partial charge >= 0.3 is 0 Å². The molecule has 4 rings (SSSR count). The van der Waals surface area contributed by atoms with Crippen LogP contribution in [0.5, 0.6) is 11.6 Å². The van der Waals surface area contributed by atoms with Crippen molar-refractivity contribution >= 4 is 27.7 Å². The SMILES string of the molecule is CCOc1cncc(-c2ccc(NC(=O)C(C)(CCOC)c3ccnc(N(Cc4ccc(OC)cc4)S(C)(=O)=O)n3)nc2)n1. The smallest absolute Gasteiger partial charge is 0.239 e. The first-order chi connectivity index (χ1) is 21.1. The van der Waals surface area contributed by atoms with Crippen molar-refractivity contribution in [1.29, 1.82) is 0 Å². The third kappa shape index (κ3) is 7.82. The van der Waals surface area contributed by atoms with Gasteiger partial charge in [-0.25, -0.2) is 32.7 Å². The molecule has 1 amide bonds. The monoisotopic (exact) mass is 621 g/mol. The van der Waals surface area contributed by atoms with E-state index in [1.807, 2.05) is 6.92 Å². The molecule has 3 aromatic heterocycles. The number of anilines is 2. The van der Waals surface area contributed by atoms with Crippen LogP contribution in [0, 0.1) is 0 Å². The van der Waals surface area contributed by atoms with Gasteiger partial charge in [0.25, 0.3) is 0 Å². The van der Waals surface area contributed by atoms with Gasteiger partial charge in [0.05, 0.1) is 55.7 Å². The lowest BCUT2D eigenvalue weighted by Gasteiger charge is -2.29. The van der Waals surface area contributed by atoms with E-state index in [9.17, 15) is 13.2 Å². The number of carbonyl (C=O) groups excluding carboxylic acids is 1. The molecule has 4 aromatic rings. The summed E-state index contributed by atoms with van der Waals surface area (Å²) >= 11 is 0. The Balaban J connectivity index is 1.60. The zero-order valence-electron chi connectivity index (χ0n) is 25.2. The van der Waals surface area contributed by atoms with E-state index >= 15 is 0 Å². The predicted octanol–water partition coefficient (Wildman–Crippen LogP) is 3.64. The zero-order chi connectivity index (χ0) is 31.7. The molecule has 14 heteroatoms. The Labute approximate surface area is 256 Å². The molecule has 0 fully saturated rings. The lowest BCUT2D eigenvalue weighted by Crippen LogP contribution is -2.40. The van der Waals surface area contributed by atoms with Crippen molar-refractivity contribution < 1.29 is 27.4 Å². The molecule has 0 saturated heterocycles. The molecular weight excluding hydrogens is 586 g/mol. The standard InChI is InChI=1S/C30H35N7O6S/c1-6-43-27-19-31-18-24(34-27)22-9-12-26(33-17-22)36-28(38)30(2,14-16-41-3)25-13-15-32-29(35-25)37(44(5,39)40)20-21-7-10-23(42-4)11-8-21/h7-13,15,17-19H,6,14,16,20H2,1-5H3,(H,33,36,38). The average molecular weight is 622 g/mol. The summed E-state index contributed by atoms with van der Waals surface area (Å²) in [4.78, 5) is 35.6. The Bertz CT molecular complexity index is 1670. The Kier molecular flexibility index (Phi) is 10.4. The fraction of sp³-hybridized carbons (Fsp3) is 0.333. The molecule has 0 aliphatic rings. The minimum atomic E-state index is -3.79. The number of hydrogen-bond donors (Lipinski definition) is 1. The number of carbonyl (C=O) groups is 1. The summed E-state index contributed by atoms with van der Waals surface area (Å²) in [5, 5.41) is 2.86. The van der Waals surface area contributed by atoms with Crippen molar-refractivity contribution in [3.63, 3.8) is 0 Å². The summed E-state index contributed by atoms with van der Waals surface area (Å²) in [6.45, 7) is 4.27. The summed E-state index contributed by atoms with van der Waals surface area (Å²) in [7, 11) is -0.700. The number of nitrogens with one attached hydrogen (secondary N) is 1. The van der Waals surface area contributed by atoms with E-state index in [0.717, 1.165) is 10.6 Å². The number of aromatic nitrogens is 5. The van der Waals surface area contributed by atoms with E-state index in [4.69, 9.17) is 14.2 Å². The van der Waals surface area contributed by atoms with Gasteiger partial charge in [-0.3, -0.25) is 9.78 Å². The third-order valence-corrected chi connectivity index (χ3v) is 7.92. The Morgan fingerprint density at radius 2 is 1.77 bits per heavy atom. The number of nitrogens with zero attached hydrogens (tertiary/aromatic N) is 6. The predicted molar refractivity (Wildman–Crippen MR) is 165 cm³/mol. The fourth-order valence-corrected chi connectivity index (χ4v) is 5.02. The second kappa shape index (κ2) is 14.2. The van der Waals surface area contributed by atoms with Gasteiger partial charge in [-0.15, -0.1) is 0 Å². The molecule has 3 heterocycles. The van der Waals surface area contributed by atoms with Crippen LogP contribution in [0.3, 0.4) is 0 Å². The van der Waals surface area contributed by atoms with E-state index in [-0.39, 0.29) is 25.5 Å². The number of sulfonamides is 1. The number of benzene rings is 1. The van der Waals surface area contributed by atoms with Gasteiger partial charge in [0.2, 0.25) is 27.8 Å². The van der Waals surface area contributed by atoms with Crippen molar-refractivity contribution in [3.05, 3.63) is 78.5 Å². The molecule has 0 aliphatic heterocycles. The molecule has 0 radical (unpaired) electrons. The molecule has 232 valence electrons. The van der Waals surface area contributed by atoms with E-state index < -0.39 is 21.3 Å². The summed E-state index contributed by atoms with van der Waals surface area (Å²) < 4.78 is 42.7. The first kappa shape index (κ1) is 32.2. The highest BCUT2D eigenvalue weighted by molar-refractivity contribution is 7.92. The van der Waals surface area contributed by atoms with E-state index in [1.165, 1.54) is 19.5 Å². The topological polar surface area (TPSA) is 159 Å². The van der Waals surface area contributed by atoms with Gasteiger partial charge in [0, 0.05) is 31.7 Å². The first-order valence-corrected chi connectivity index (χ1v) is 15.6. The van der Waals surface area contributed by atoms with Crippen molar-refractivity contribution in [2.75, 3.05) is 43.3 Å². The van der Waals surface area contributed by atoms with Crippen LogP contribution in [0.25, 0.3) is 11.3 Å². The van der Waals surface area contributed by atoms with Gasteiger partial charge in [-0.1, -0.05) is 12.1 Å². The largest absolute Gasteiger partial charge is 0.497 e. The molecule has 1 atom stereocenters. The lowest BCUT2D eigenvalue weighted by molar-refractivity contribution is -0.121. The van der Waals surface area contributed by atoms with E-state index in [1.54, 1.807) is 68.9 Å². The van der Waals surface area contributed by atoms with Gasteiger partial charge in [0.1, 0.15) is 11.6 Å². The summed E-state index contributed by atoms with van der Waals surface area (Å²) in [5.41, 5.74) is 1.06. The van der Waals surface area contributed by atoms with Crippen molar-refractivity contribution in [1.82, 2.24) is 24.9 Å². The highest BCUT2D eigenvalue weighted by Gasteiger charge is 2.38. The van der Waals surface area contributed by atoms with Gasteiger partial charge in [0.15, 0.2) is 0 Å². The third-order valence-electron chi connectivity index (χ3n) is 6.83. The number of pyridine rings is 1. The molecule has 44 heavy (non-hydrogen) atoms. The number of rotatable bonds is 14. The van der Waals surface area contributed by atoms with Crippen LogP contribution in [-0.2, 0) is 31.5 Å². The molecule has 1 unspecified atom stereocenters. The van der Waals surface area contributed by atoms with E-state index in [0.29, 0.717) is 46.6 Å². The number of hydrogen-bond acceptors (Lipinski definition) is 11. The first-order valence-electron chi connectivity index (χ1n) is 13.7. The highest BCUT2D eigenvalue weighted by Crippen LogP contribution is 2.30. The summed E-state index contributed by atoms with van der Waals surface area (Å²) in [6, 6.07) is 12.0. The number of ether oxygens (including phenoxy) is 3. The van der Waals surface area contributed by atoms with Crippen molar-refractivity contribution in [2.45, 2.75) is 32.2 Å². The molecule has 0 bridgehead atoms. The quantitative estimate of drug-likeness (QED) is 0.219. The van der Waals surface area contributed by atoms with Crippen molar-refractivity contribution in [3.8, 4) is 22.9 Å². The maximum absolute atomic E-state index is 13.8. The Morgan fingerprint density at radius 3 is 2.41 bits per heavy atom. The second-order valence-electron chi connectivity index (χ2n) is 10.00. The maximum atomic E-state index is 13.8. The second-order valence-corrected chi connectivity index (χ2v) is 11.9. The molecule has 0 saturated carbocycles. The normalized spacial score (nSPS) is 12.7. The van der Waals surface area contributed by atoms with Crippen LogP contribution in [0.4, 0.5) is 11.8 Å². The van der Waals surface area contributed by atoms with Gasteiger partial charge in [-0.2, -0.15) is 0 Å². The molecule has 0 spiro atoms. The Hall–Kier alpha value is -4.69. The molecule has 1 aromatic carbocycles. The van der Waals surface area contributed by atoms with Crippen molar-refractivity contribution in [2.24, 2.45) is 0 Å². The lowest BCUT2D eigenvalue weighted by atomic mass is 9.82. The highest BCUT2D eigenvalue weighted by atomic mass is 32.2. The van der Waals surface area contributed by atoms with Crippen LogP contribution in [0.15, 0.2) is 67.3 Å². The summed E-state index contributed by atoms with van der Waals surface area (Å²) in [5.74, 6) is 0.891. The molecule has 1 N–H and O–H groups in total. The molecule has 13 nitrogen and oxygen atoms in total. The molecule has 0 aliphatic carbocycles. The van der Waals surface area contributed by atoms with Crippen LogP contribution >= 0.6 is 0 Å². The average Bonchev–Trinajstić information content (AvgIpc) is 3.03. The van der Waals surface area contributed by atoms with Gasteiger partial charge < -0.3 is 19.5 Å². The van der Waals surface area contributed by atoms with Crippen LogP contribution in [0.1, 0.15) is 31.5 Å². The van der Waals surface area contributed by atoms with E-state index in [2.05, 4.69) is 30.2 Å². The minimum Gasteiger partial charge on any atom is -0.497 e. The Morgan fingerprint density at radius 1 is 1.00 bits per heavy atom. The zero-order valence-corrected chi connectivity index (χ0v) is 26.0. The minimum absolute atomic E-state index is 0.0125. The summed E-state index contributed by atoms with van der Waals surface area (Å²) in [6.07, 6.45) is 7.47. The van der Waals surface area contributed by atoms with Crippen LogP contribution in [-0.4, -0.2) is 72.9 Å².